The van der Waals surface area contributed by atoms with E-state index >= 15 is 4.39 Å². The average molecular weight is 427 g/mol. The minimum atomic E-state index is -0.498. The van der Waals surface area contributed by atoms with Gasteiger partial charge in [0.25, 0.3) is 0 Å². The monoisotopic (exact) mass is 426 g/mol. The Balaban J connectivity index is 1.49. The summed E-state index contributed by atoms with van der Waals surface area (Å²) < 4.78 is 35.5. The van der Waals surface area contributed by atoms with Gasteiger partial charge in [-0.2, -0.15) is 0 Å². The van der Waals surface area contributed by atoms with E-state index in [1.807, 2.05) is 31.2 Å². The first-order valence-electron chi connectivity index (χ1n) is 12.3. The molecule has 2 aliphatic carbocycles. The van der Waals surface area contributed by atoms with Crippen LogP contribution in [-0.4, -0.2) is 6.61 Å². The number of fused-ring (bicyclic) bond motifs is 2. The van der Waals surface area contributed by atoms with Crippen molar-refractivity contribution < 1.29 is 13.5 Å². The van der Waals surface area contributed by atoms with Crippen LogP contribution in [0.4, 0.5) is 8.78 Å². The van der Waals surface area contributed by atoms with Gasteiger partial charge in [-0.3, -0.25) is 0 Å². The average Bonchev–Trinajstić information content (AvgIpc) is 2.78. The van der Waals surface area contributed by atoms with Crippen LogP contribution in [0.5, 0.6) is 5.75 Å². The summed E-state index contributed by atoms with van der Waals surface area (Å²) in [5.41, 5.74) is 0.779. The molecule has 2 aromatic carbocycles. The number of allylic oxidation sites excluding steroid dienone is 1. The lowest BCUT2D eigenvalue weighted by Crippen LogP contribution is -2.30. The summed E-state index contributed by atoms with van der Waals surface area (Å²) in [6.07, 6.45) is 15.1. The molecule has 2 saturated carbocycles. The van der Waals surface area contributed by atoms with E-state index in [0.29, 0.717) is 17.4 Å². The maximum atomic E-state index is 15.5. The Kier molecular flexibility index (Phi) is 7.30. The molecule has 0 aliphatic heterocycles. The van der Waals surface area contributed by atoms with Crippen LogP contribution < -0.4 is 4.74 Å². The van der Waals surface area contributed by atoms with Crippen LogP contribution in [0.25, 0.3) is 10.8 Å². The molecule has 4 atom stereocenters. The lowest BCUT2D eigenvalue weighted by Gasteiger charge is -2.42. The normalized spacial score (nSPS) is 26.3. The Morgan fingerprint density at radius 1 is 1.03 bits per heavy atom. The Hall–Kier alpha value is -1.90. The Morgan fingerprint density at radius 2 is 1.84 bits per heavy atom. The number of hydrogen-bond acceptors (Lipinski definition) is 1. The fraction of sp³-hybridized carbons (Fsp3) is 0.571. The van der Waals surface area contributed by atoms with Crippen LogP contribution in [0.2, 0.25) is 0 Å². The Morgan fingerprint density at radius 3 is 2.65 bits per heavy atom. The summed E-state index contributed by atoms with van der Waals surface area (Å²) in [6, 6.07) is 6.80. The first-order chi connectivity index (χ1) is 15.1. The summed E-state index contributed by atoms with van der Waals surface area (Å²) in [4.78, 5) is 0. The van der Waals surface area contributed by atoms with Crippen LogP contribution in [0, 0.1) is 29.4 Å². The van der Waals surface area contributed by atoms with Gasteiger partial charge in [-0.05, 0) is 85.8 Å². The highest BCUT2D eigenvalue weighted by atomic mass is 19.1. The van der Waals surface area contributed by atoms with Gasteiger partial charge in [-0.1, -0.05) is 56.9 Å². The second-order valence-corrected chi connectivity index (χ2v) is 9.70. The van der Waals surface area contributed by atoms with Crippen LogP contribution in [0.3, 0.4) is 0 Å². The van der Waals surface area contributed by atoms with Crippen LogP contribution in [0.1, 0.15) is 83.1 Å². The molecule has 0 bridgehead atoms. The predicted molar refractivity (Wildman–Crippen MR) is 125 cm³/mol. The second-order valence-electron chi connectivity index (χ2n) is 9.70. The molecule has 0 amide bonds. The lowest BCUT2D eigenvalue weighted by molar-refractivity contribution is 0.113. The highest BCUT2D eigenvalue weighted by Gasteiger charge is 2.36. The maximum Gasteiger partial charge on any atom is 0.165 e. The van der Waals surface area contributed by atoms with Gasteiger partial charge >= 0.3 is 0 Å². The van der Waals surface area contributed by atoms with Gasteiger partial charge in [0.2, 0.25) is 0 Å². The van der Waals surface area contributed by atoms with Crippen molar-refractivity contribution in [3.63, 3.8) is 0 Å². The van der Waals surface area contributed by atoms with Crippen molar-refractivity contribution in [3.8, 4) is 5.75 Å². The molecule has 1 nitrogen and oxygen atoms in total. The van der Waals surface area contributed by atoms with Crippen molar-refractivity contribution in [1.82, 2.24) is 0 Å². The third-order valence-electron chi connectivity index (χ3n) is 7.73. The van der Waals surface area contributed by atoms with Gasteiger partial charge in [0.1, 0.15) is 12.4 Å². The molecule has 168 valence electrons. The number of rotatable bonds is 7. The molecule has 0 aromatic heterocycles. The van der Waals surface area contributed by atoms with E-state index in [4.69, 9.17) is 4.74 Å². The SMILES string of the molecule is C/C=C/COc1cc2ccc([C@@H]3CC[C@@H]4CC(CCCC)CCC4C3)c(F)c2cc1F. The van der Waals surface area contributed by atoms with E-state index in [9.17, 15) is 4.39 Å². The molecule has 0 N–H and O–H groups in total. The number of hydrogen-bond donors (Lipinski definition) is 0. The van der Waals surface area contributed by atoms with Gasteiger partial charge < -0.3 is 4.74 Å². The molecule has 0 radical (unpaired) electrons. The first-order valence-corrected chi connectivity index (χ1v) is 12.3. The van der Waals surface area contributed by atoms with Gasteiger partial charge in [0.15, 0.2) is 11.6 Å². The van der Waals surface area contributed by atoms with E-state index in [1.165, 1.54) is 51.0 Å². The van der Waals surface area contributed by atoms with Crippen molar-refractivity contribution in [1.29, 1.82) is 0 Å². The topological polar surface area (TPSA) is 9.23 Å². The van der Waals surface area contributed by atoms with Crippen LogP contribution in [-0.2, 0) is 0 Å². The summed E-state index contributed by atoms with van der Waals surface area (Å²) in [5.74, 6) is 2.15. The highest BCUT2D eigenvalue weighted by Crippen LogP contribution is 2.49. The molecule has 2 aromatic rings. The van der Waals surface area contributed by atoms with E-state index in [2.05, 4.69) is 6.92 Å². The van der Waals surface area contributed by atoms with E-state index in [1.54, 1.807) is 6.07 Å². The highest BCUT2D eigenvalue weighted by molar-refractivity contribution is 5.85. The largest absolute Gasteiger partial charge is 0.486 e. The minimum absolute atomic E-state index is 0.179. The summed E-state index contributed by atoms with van der Waals surface area (Å²) >= 11 is 0. The van der Waals surface area contributed by atoms with E-state index in [0.717, 1.165) is 36.2 Å². The molecule has 2 aliphatic rings. The number of unbranched alkanes of at least 4 members (excludes halogenated alkanes) is 1. The molecule has 4 rings (SSSR count). The van der Waals surface area contributed by atoms with E-state index < -0.39 is 5.82 Å². The maximum absolute atomic E-state index is 15.5. The zero-order valence-corrected chi connectivity index (χ0v) is 19.0. The van der Waals surface area contributed by atoms with E-state index in [-0.39, 0.29) is 17.5 Å². The zero-order valence-electron chi connectivity index (χ0n) is 19.0. The lowest BCUT2D eigenvalue weighted by atomic mass is 9.63. The van der Waals surface area contributed by atoms with Crippen molar-refractivity contribution in [3.05, 3.63) is 53.6 Å². The molecule has 0 heterocycles. The zero-order chi connectivity index (χ0) is 21.8. The van der Waals surface area contributed by atoms with Crippen molar-refractivity contribution in [2.45, 2.75) is 77.6 Å². The molecular formula is C28H36F2O. The quantitative estimate of drug-likeness (QED) is 0.403. The molecule has 2 fully saturated rings. The minimum Gasteiger partial charge on any atom is -0.486 e. The molecular weight excluding hydrogens is 390 g/mol. The molecule has 31 heavy (non-hydrogen) atoms. The third kappa shape index (κ3) is 4.96. The summed E-state index contributed by atoms with van der Waals surface area (Å²) in [6.45, 7) is 4.48. The molecule has 0 spiro atoms. The molecule has 3 heteroatoms. The van der Waals surface area contributed by atoms with Gasteiger partial charge in [0, 0.05) is 5.39 Å². The number of ether oxygens (including phenoxy) is 1. The number of benzene rings is 2. The van der Waals surface area contributed by atoms with Crippen LogP contribution in [0.15, 0.2) is 36.4 Å². The summed E-state index contributed by atoms with van der Waals surface area (Å²) in [5, 5.41) is 1.07. The fourth-order valence-corrected chi connectivity index (χ4v) is 5.99. The second kappa shape index (κ2) is 10.1. The predicted octanol–water partition coefficient (Wildman–Crippen LogP) is 8.56. The van der Waals surface area contributed by atoms with Crippen molar-refractivity contribution >= 4 is 10.8 Å². The molecule has 2 unspecified atom stereocenters. The smallest absolute Gasteiger partial charge is 0.165 e. The first kappa shape index (κ1) is 22.3. The summed E-state index contributed by atoms with van der Waals surface area (Å²) in [7, 11) is 0. The standard InChI is InChI=1S/C28H36F2O/c1-3-5-7-19-8-9-21-16-22(11-10-20(21)15-19)24-13-12-23-17-27(31-14-6-4-2)26(29)18-25(23)28(24)30/h4,6,12-13,17-22H,3,5,7-11,14-16H2,1-2H3/b6-4+/t19?,20-,21?,22-/m1/s1. The third-order valence-corrected chi connectivity index (χ3v) is 7.73. The number of halogens is 2. The van der Waals surface area contributed by atoms with Gasteiger partial charge in [-0.25, -0.2) is 8.78 Å². The fourth-order valence-electron chi connectivity index (χ4n) is 5.99. The Bertz CT molecular complexity index is 919. The Labute approximate surface area is 185 Å². The molecule has 0 saturated heterocycles. The van der Waals surface area contributed by atoms with Crippen molar-refractivity contribution in [2.75, 3.05) is 6.61 Å². The van der Waals surface area contributed by atoms with Gasteiger partial charge in [0.05, 0.1) is 0 Å². The van der Waals surface area contributed by atoms with Crippen LogP contribution >= 0.6 is 0 Å². The van der Waals surface area contributed by atoms with Gasteiger partial charge in [-0.15, -0.1) is 0 Å². The van der Waals surface area contributed by atoms with Crippen molar-refractivity contribution in [2.24, 2.45) is 17.8 Å².